The average molecular weight is 434 g/mol. The summed E-state index contributed by atoms with van der Waals surface area (Å²) < 4.78 is 0. The summed E-state index contributed by atoms with van der Waals surface area (Å²) in [5, 5.41) is 0. The summed E-state index contributed by atoms with van der Waals surface area (Å²) in [6, 6.07) is 18.9. The zero-order valence-corrected chi connectivity index (χ0v) is 19.9. The zero-order valence-electron chi connectivity index (χ0n) is 19.9. The molecule has 1 aliphatic heterocycles. The minimum absolute atomic E-state index is 0.0289. The minimum Gasteiger partial charge on any atom is -0.349 e. The first-order chi connectivity index (χ1) is 15.2. The first-order valence-corrected chi connectivity index (χ1v) is 11.2. The van der Waals surface area contributed by atoms with Gasteiger partial charge in [-0.2, -0.15) is 0 Å². The van der Waals surface area contributed by atoms with Crippen molar-refractivity contribution >= 4 is 17.9 Å². The molecule has 1 fully saturated rings. The monoisotopic (exact) mass is 433 g/mol. The van der Waals surface area contributed by atoms with Gasteiger partial charge in [0, 0.05) is 53.1 Å². The summed E-state index contributed by atoms with van der Waals surface area (Å²) in [6.07, 6.45) is 2.22. The number of benzene rings is 2. The van der Waals surface area contributed by atoms with Crippen LogP contribution >= 0.6 is 0 Å². The molecule has 2 atom stereocenters. The number of likely N-dealkylation sites (tertiary alicyclic amines) is 1. The Labute approximate surface area is 192 Å². The lowest BCUT2D eigenvalue weighted by atomic mass is 9.87. The standard InChI is InChI=1S/C27H35N3O2/c1-20(15-22-9-7-6-8-10-22)16-29(5)17-23-11-13-24(14-12-23)25-18-30(21(2)31)19-26(25)27(32)28(3)4/h6-15,25-26H,16-19H2,1-5H3/b20-15+/t25-,26+/m1/s1. The van der Waals surface area contributed by atoms with Crippen LogP contribution in [0.25, 0.3) is 6.08 Å². The van der Waals surface area contributed by atoms with Crippen LogP contribution in [0.5, 0.6) is 0 Å². The molecule has 5 heteroatoms. The summed E-state index contributed by atoms with van der Waals surface area (Å²) in [6.45, 7) is 6.58. The highest BCUT2D eigenvalue weighted by Crippen LogP contribution is 2.34. The van der Waals surface area contributed by atoms with Crippen LogP contribution in [0.15, 0.2) is 60.2 Å². The molecule has 3 rings (SSSR count). The van der Waals surface area contributed by atoms with Gasteiger partial charge in [0.05, 0.1) is 5.92 Å². The molecule has 2 aromatic rings. The third kappa shape index (κ3) is 6.07. The summed E-state index contributed by atoms with van der Waals surface area (Å²) in [7, 11) is 5.69. The largest absolute Gasteiger partial charge is 0.349 e. The molecule has 170 valence electrons. The maximum atomic E-state index is 12.7. The number of likely N-dealkylation sites (N-methyl/N-ethyl adjacent to an activating group) is 1. The molecule has 1 aliphatic rings. The molecule has 0 N–H and O–H groups in total. The van der Waals surface area contributed by atoms with E-state index in [-0.39, 0.29) is 23.7 Å². The van der Waals surface area contributed by atoms with Crippen LogP contribution in [0, 0.1) is 5.92 Å². The molecule has 2 amide bonds. The number of rotatable bonds is 7. The fourth-order valence-corrected chi connectivity index (χ4v) is 4.52. The lowest BCUT2D eigenvalue weighted by molar-refractivity contribution is -0.133. The summed E-state index contributed by atoms with van der Waals surface area (Å²) in [5.41, 5.74) is 4.90. The van der Waals surface area contributed by atoms with Gasteiger partial charge < -0.3 is 9.80 Å². The highest BCUT2D eigenvalue weighted by atomic mass is 16.2. The van der Waals surface area contributed by atoms with Crippen molar-refractivity contribution in [3.05, 3.63) is 76.9 Å². The number of nitrogens with zero attached hydrogens (tertiary/aromatic N) is 3. The Bertz CT molecular complexity index is 951. The van der Waals surface area contributed by atoms with Crippen molar-refractivity contribution in [1.82, 2.24) is 14.7 Å². The predicted molar refractivity (Wildman–Crippen MR) is 130 cm³/mol. The molecule has 0 aliphatic carbocycles. The second-order valence-electron chi connectivity index (χ2n) is 9.18. The van der Waals surface area contributed by atoms with Crippen molar-refractivity contribution < 1.29 is 9.59 Å². The van der Waals surface area contributed by atoms with E-state index < -0.39 is 0 Å². The van der Waals surface area contributed by atoms with E-state index in [9.17, 15) is 9.59 Å². The van der Waals surface area contributed by atoms with Gasteiger partial charge in [0.15, 0.2) is 0 Å². The van der Waals surface area contributed by atoms with E-state index in [0.717, 1.165) is 18.7 Å². The third-order valence-electron chi connectivity index (χ3n) is 6.12. The Kier molecular flexibility index (Phi) is 7.86. The van der Waals surface area contributed by atoms with Gasteiger partial charge in [-0.15, -0.1) is 0 Å². The van der Waals surface area contributed by atoms with E-state index in [1.54, 1.807) is 30.8 Å². The first kappa shape index (κ1) is 23.7. The molecule has 0 radical (unpaired) electrons. The summed E-state index contributed by atoms with van der Waals surface area (Å²) in [5.74, 6) is -0.0331. The van der Waals surface area contributed by atoms with Gasteiger partial charge in [0.2, 0.25) is 11.8 Å². The Morgan fingerprint density at radius 2 is 1.62 bits per heavy atom. The van der Waals surface area contributed by atoms with Crippen molar-refractivity contribution in [2.75, 3.05) is 40.8 Å². The number of carbonyl (C=O) groups excluding carboxylic acids is 2. The molecule has 2 aromatic carbocycles. The summed E-state index contributed by atoms with van der Waals surface area (Å²) in [4.78, 5) is 30.4. The van der Waals surface area contributed by atoms with Crippen LogP contribution in [0.2, 0.25) is 0 Å². The number of amides is 2. The maximum absolute atomic E-state index is 12.7. The molecular formula is C27H35N3O2. The zero-order chi connectivity index (χ0) is 23.3. The van der Waals surface area contributed by atoms with E-state index in [2.05, 4.69) is 73.5 Å². The topological polar surface area (TPSA) is 43.9 Å². The van der Waals surface area contributed by atoms with E-state index in [0.29, 0.717) is 13.1 Å². The Balaban J connectivity index is 1.65. The maximum Gasteiger partial charge on any atom is 0.227 e. The fourth-order valence-electron chi connectivity index (χ4n) is 4.52. The Morgan fingerprint density at radius 1 is 0.969 bits per heavy atom. The van der Waals surface area contributed by atoms with Crippen LogP contribution in [0.3, 0.4) is 0 Å². The predicted octanol–water partition coefficient (Wildman–Crippen LogP) is 3.87. The van der Waals surface area contributed by atoms with Crippen LogP contribution in [-0.2, 0) is 16.1 Å². The van der Waals surface area contributed by atoms with Gasteiger partial charge in [0.25, 0.3) is 0 Å². The Hall–Kier alpha value is -2.92. The summed E-state index contributed by atoms with van der Waals surface area (Å²) >= 11 is 0. The molecule has 0 saturated carbocycles. The van der Waals surface area contributed by atoms with E-state index >= 15 is 0 Å². The second-order valence-corrected chi connectivity index (χ2v) is 9.18. The second kappa shape index (κ2) is 10.6. The van der Waals surface area contributed by atoms with E-state index in [1.165, 1.54) is 16.7 Å². The molecular weight excluding hydrogens is 398 g/mol. The SMILES string of the molecule is CC(=O)N1C[C@H](C(=O)N(C)C)[C@@H](c2ccc(CN(C)C/C(C)=C/c3ccccc3)cc2)C1. The number of hydrogen-bond donors (Lipinski definition) is 0. The molecule has 0 bridgehead atoms. The van der Waals surface area contributed by atoms with E-state index in [1.807, 2.05) is 6.07 Å². The molecule has 0 spiro atoms. The molecule has 5 nitrogen and oxygen atoms in total. The van der Waals surface area contributed by atoms with Crippen molar-refractivity contribution in [2.24, 2.45) is 5.92 Å². The van der Waals surface area contributed by atoms with Gasteiger partial charge in [-0.1, -0.05) is 66.2 Å². The van der Waals surface area contributed by atoms with Gasteiger partial charge in [-0.25, -0.2) is 0 Å². The lowest BCUT2D eigenvalue weighted by Crippen LogP contribution is -2.34. The van der Waals surface area contributed by atoms with Gasteiger partial charge in [0.1, 0.15) is 0 Å². The molecule has 1 saturated heterocycles. The van der Waals surface area contributed by atoms with Crippen LogP contribution in [0.1, 0.15) is 36.5 Å². The van der Waals surface area contributed by atoms with Crippen LogP contribution in [-0.4, -0.2) is 67.3 Å². The Morgan fingerprint density at radius 3 is 2.22 bits per heavy atom. The average Bonchev–Trinajstić information content (AvgIpc) is 3.20. The van der Waals surface area contributed by atoms with Crippen LogP contribution < -0.4 is 0 Å². The van der Waals surface area contributed by atoms with Crippen molar-refractivity contribution in [1.29, 1.82) is 0 Å². The quantitative estimate of drug-likeness (QED) is 0.666. The van der Waals surface area contributed by atoms with Gasteiger partial charge in [-0.3, -0.25) is 14.5 Å². The smallest absolute Gasteiger partial charge is 0.227 e. The highest BCUT2D eigenvalue weighted by molar-refractivity contribution is 5.82. The highest BCUT2D eigenvalue weighted by Gasteiger charge is 2.40. The molecule has 0 aromatic heterocycles. The van der Waals surface area contributed by atoms with E-state index in [4.69, 9.17) is 0 Å². The number of carbonyl (C=O) groups is 2. The van der Waals surface area contributed by atoms with Gasteiger partial charge in [-0.05, 0) is 30.7 Å². The molecule has 32 heavy (non-hydrogen) atoms. The molecule has 1 heterocycles. The van der Waals surface area contributed by atoms with Gasteiger partial charge >= 0.3 is 0 Å². The van der Waals surface area contributed by atoms with Crippen LogP contribution in [0.4, 0.5) is 0 Å². The van der Waals surface area contributed by atoms with Crippen molar-refractivity contribution in [3.8, 4) is 0 Å². The lowest BCUT2D eigenvalue weighted by Gasteiger charge is -2.22. The normalized spacial score (nSPS) is 18.8. The first-order valence-electron chi connectivity index (χ1n) is 11.2. The number of hydrogen-bond acceptors (Lipinski definition) is 3. The fraction of sp³-hybridized carbons (Fsp3) is 0.407. The van der Waals surface area contributed by atoms with Crippen molar-refractivity contribution in [3.63, 3.8) is 0 Å². The minimum atomic E-state index is -0.187. The third-order valence-corrected chi connectivity index (χ3v) is 6.12. The molecule has 0 unspecified atom stereocenters. The van der Waals surface area contributed by atoms with Crippen molar-refractivity contribution in [2.45, 2.75) is 26.3 Å².